The lowest BCUT2D eigenvalue weighted by atomic mass is 10.1. The third kappa shape index (κ3) is 5.91. The van der Waals surface area contributed by atoms with Gasteiger partial charge in [0, 0.05) is 34.8 Å². The smallest absolute Gasteiger partial charge is 0.411 e. The molecule has 4 aromatic rings. The Morgan fingerprint density at radius 2 is 2.00 bits per heavy atom. The summed E-state index contributed by atoms with van der Waals surface area (Å²) in [7, 11) is 1.26. The standard InChI is InChI=1S/C28H25ClN6O4/c1-39-28(38)31-18-11-12-19-22(15-18)32-23(36)8-4-2-3-7-20(26-34-24(19)25(29)35-26)33-27(37)17-10-9-16-6-5-13-30-21(16)14-17/h2-3,5-6,9-15,20H,4,7-8H2,1H3,(H,31,38)(H,32,36)(H,33,37)(H,34,35). The number of benzene rings is 2. The molecule has 0 spiro atoms. The van der Waals surface area contributed by atoms with Gasteiger partial charge >= 0.3 is 6.09 Å². The molecule has 5 rings (SSSR count). The Morgan fingerprint density at radius 1 is 1.13 bits per heavy atom. The average molecular weight is 545 g/mol. The van der Waals surface area contributed by atoms with Gasteiger partial charge in [0.15, 0.2) is 0 Å². The lowest BCUT2D eigenvalue weighted by molar-refractivity contribution is -0.116. The van der Waals surface area contributed by atoms with Crippen molar-refractivity contribution in [3.05, 3.63) is 83.4 Å². The van der Waals surface area contributed by atoms with Gasteiger partial charge in [0.05, 0.1) is 24.4 Å². The normalized spacial score (nSPS) is 15.2. The lowest BCUT2D eigenvalue weighted by Gasteiger charge is -2.15. The van der Waals surface area contributed by atoms with Crippen LogP contribution in [0.25, 0.3) is 22.2 Å². The van der Waals surface area contributed by atoms with Gasteiger partial charge in [0.1, 0.15) is 16.7 Å². The van der Waals surface area contributed by atoms with E-state index in [1.807, 2.05) is 30.4 Å². The molecule has 4 N–H and O–H groups in total. The minimum absolute atomic E-state index is 0.211. The Kier molecular flexibility index (Phi) is 7.55. The molecule has 198 valence electrons. The van der Waals surface area contributed by atoms with E-state index in [0.717, 1.165) is 10.9 Å². The number of fused-ring (bicyclic) bond motifs is 5. The maximum absolute atomic E-state index is 13.2. The first-order chi connectivity index (χ1) is 18.9. The molecule has 1 aliphatic heterocycles. The Labute approximate surface area is 228 Å². The summed E-state index contributed by atoms with van der Waals surface area (Å²) in [5, 5.41) is 9.69. The topological polar surface area (TPSA) is 138 Å². The number of hydrogen-bond donors (Lipinski definition) is 4. The molecule has 1 aliphatic rings. The van der Waals surface area contributed by atoms with Crippen LogP contribution >= 0.6 is 11.6 Å². The number of H-pyrrole nitrogens is 1. The lowest BCUT2D eigenvalue weighted by Crippen LogP contribution is -2.29. The Morgan fingerprint density at radius 3 is 2.85 bits per heavy atom. The number of rotatable bonds is 3. The van der Waals surface area contributed by atoms with E-state index in [1.54, 1.807) is 36.5 Å². The summed E-state index contributed by atoms with van der Waals surface area (Å²) in [5.41, 5.74) is 2.97. The number of hydrogen-bond acceptors (Lipinski definition) is 6. The summed E-state index contributed by atoms with van der Waals surface area (Å²) in [6.45, 7) is 0. The van der Waals surface area contributed by atoms with Gasteiger partial charge in [0.25, 0.3) is 5.91 Å². The molecule has 2 aromatic carbocycles. The zero-order chi connectivity index (χ0) is 27.4. The highest BCUT2D eigenvalue weighted by atomic mass is 35.5. The molecule has 39 heavy (non-hydrogen) atoms. The second-order valence-corrected chi connectivity index (χ2v) is 9.27. The number of nitrogens with zero attached hydrogens (tertiary/aromatic N) is 2. The van der Waals surface area contributed by atoms with Crippen molar-refractivity contribution in [2.75, 3.05) is 17.7 Å². The van der Waals surface area contributed by atoms with Crippen LogP contribution in [0.5, 0.6) is 0 Å². The first-order valence-electron chi connectivity index (χ1n) is 12.3. The number of amides is 3. The summed E-state index contributed by atoms with van der Waals surface area (Å²) in [6.07, 6.45) is 6.00. The molecule has 1 unspecified atom stereocenters. The number of nitrogens with one attached hydrogen (secondary N) is 4. The number of ether oxygens (including phenoxy) is 1. The predicted octanol–water partition coefficient (Wildman–Crippen LogP) is 5.61. The third-order valence-corrected chi connectivity index (χ3v) is 6.51. The molecule has 0 aliphatic carbocycles. The van der Waals surface area contributed by atoms with E-state index in [9.17, 15) is 14.4 Å². The van der Waals surface area contributed by atoms with Crippen LogP contribution in [-0.2, 0) is 9.53 Å². The van der Waals surface area contributed by atoms with Crippen LogP contribution in [-0.4, -0.2) is 40.0 Å². The fraction of sp³-hybridized carbons (Fsp3) is 0.179. The minimum atomic E-state index is -0.642. The molecular formula is C28H25ClN6O4. The molecular weight excluding hydrogens is 520 g/mol. The summed E-state index contributed by atoms with van der Waals surface area (Å²) in [4.78, 5) is 49.7. The molecule has 10 nitrogen and oxygen atoms in total. The summed E-state index contributed by atoms with van der Waals surface area (Å²) in [5.74, 6) is -0.0349. The molecule has 0 fully saturated rings. The number of carbonyl (C=O) groups excluding carboxylic acids is 3. The van der Waals surface area contributed by atoms with E-state index in [1.165, 1.54) is 7.11 Å². The maximum Gasteiger partial charge on any atom is 0.411 e. The number of aromatic amines is 1. The molecule has 3 amide bonds. The highest BCUT2D eigenvalue weighted by Gasteiger charge is 2.23. The van der Waals surface area contributed by atoms with Crippen molar-refractivity contribution in [1.29, 1.82) is 0 Å². The molecule has 11 heteroatoms. The average Bonchev–Trinajstić information content (AvgIpc) is 3.32. The van der Waals surface area contributed by atoms with Gasteiger partial charge in [-0.25, -0.2) is 9.78 Å². The monoisotopic (exact) mass is 544 g/mol. The van der Waals surface area contributed by atoms with Crippen molar-refractivity contribution in [3.63, 3.8) is 0 Å². The van der Waals surface area contributed by atoms with Gasteiger partial charge in [-0.05, 0) is 49.2 Å². The van der Waals surface area contributed by atoms with Crippen LogP contribution in [0.15, 0.2) is 66.9 Å². The summed E-state index contributed by atoms with van der Waals surface area (Å²) in [6, 6.07) is 13.6. The number of anilines is 2. The Balaban J connectivity index is 1.49. The molecule has 3 heterocycles. The Hall–Kier alpha value is -4.70. The molecule has 0 saturated heterocycles. The number of allylic oxidation sites excluding steroid dienone is 1. The van der Waals surface area contributed by atoms with E-state index < -0.39 is 12.1 Å². The first-order valence-corrected chi connectivity index (χ1v) is 12.6. The van der Waals surface area contributed by atoms with E-state index in [0.29, 0.717) is 46.9 Å². The van der Waals surface area contributed by atoms with Crippen LogP contribution in [0.1, 0.15) is 41.5 Å². The molecule has 1 atom stereocenters. The quantitative estimate of drug-likeness (QED) is 0.247. The van der Waals surface area contributed by atoms with E-state index in [4.69, 9.17) is 16.6 Å². The van der Waals surface area contributed by atoms with E-state index in [-0.39, 0.29) is 23.4 Å². The van der Waals surface area contributed by atoms with E-state index in [2.05, 4.69) is 30.7 Å². The summed E-state index contributed by atoms with van der Waals surface area (Å²) < 4.78 is 4.66. The van der Waals surface area contributed by atoms with Gasteiger partial charge in [-0.2, -0.15) is 0 Å². The molecule has 0 radical (unpaired) electrons. The van der Waals surface area contributed by atoms with E-state index >= 15 is 0 Å². The van der Waals surface area contributed by atoms with Crippen molar-refractivity contribution >= 4 is 51.8 Å². The van der Waals surface area contributed by atoms with Crippen molar-refractivity contribution in [2.45, 2.75) is 25.3 Å². The SMILES string of the molecule is COC(=O)Nc1ccc2c(c1)NC(=O)CCC=CCC(NC(=O)c1ccc3cccnc3c1)c1nc-2c(Cl)[nH]1. The van der Waals surface area contributed by atoms with Gasteiger partial charge in [0.2, 0.25) is 5.91 Å². The minimum Gasteiger partial charge on any atom is -0.453 e. The van der Waals surface area contributed by atoms with Crippen molar-refractivity contribution in [3.8, 4) is 11.3 Å². The van der Waals surface area contributed by atoms with Crippen LogP contribution < -0.4 is 16.0 Å². The van der Waals surface area contributed by atoms with Gasteiger partial charge in [-0.15, -0.1) is 0 Å². The first kappa shape index (κ1) is 25.9. The predicted molar refractivity (Wildman–Crippen MR) is 149 cm³/mol. The van der Waals surface area contributed by atoms with Crippen LogP contribution in [0, 0.1) is 0 Å². The second kappa shape index (κ2) is 11.4. The van der Waals surface area contributed by atoms with Gasteiger partial charge < -0.3 is 20.4 Å². The van der Waals surface area contributed by atoms with Crippen LogP contribution in [0.2, 0.25) is 5.15 Å². The molecule has 2 aromatic heterocycles. The fourth-order valence-electron chi connectivity index (χ4n) is 4.28. The molecule has 0 saturated carbocycles. The molecule has 2 bridgehead atoms. The zero-order valence-corrected chi connectivity index (χ0v) is 21.7. The maximum atomic E-state index is 13.2. The summed E-state index contributed by atoms with van der Waals surface area (Å²) >= 11 is 6.59. The number of pyridine rings is 1. The second-order valence-electron chi connectivity index (χ2n) is 8.89. The van der Waals surface area contributed by atoms with Crippen LogP contribution in [0.3, 0.4) is 0 Å². The fourth-order valence-corrected chi connectivity index (χ4v) is 4.52. The zero-order valence-electron chi connectivity index (χ0n) is 21.0. The van der Waals surface area contributed by atoms with Crippen molar-refractivity contribution < 1.29 is 19.1 Å². The third-order valence-electron chi connectivity index (χ3n) is 6.24. The number of carbonyl (C=O) groups is 3. The van der Waals surface area contributed by atoms with Crippen molar-refractivity contribution in [1.82, 2.24) is 20.3 Å². The Bertz CT molecular complexity index is 1600. The van der Waals surface area contributed by atoms with Crippen LogP contribution in [0.4, 0.5) is 16.2 Å². The highest BCUT2D eigenvalue weighted by molar-refractivity contribution is 6.32. The number of imidazole rings is 1. The number of aromatic nitrogens is 3. The number of halogens is 1. The van der Waals surface area contributed by atoms with Gasteiger partial charge in [-0.3, -0.25) is 19.9 Å². The largest absolute Gasteiger partial charge is 0.453 e. The highest BCUT2D eigenvalue weighted by Crippen LogP contribution is 2.35. The van der Waals surface area contributed by atoms with Gasteiger partial charge in [-0.1, -0.05) is 35.9 Å². The number of methoxy groups -OCH3 is 1. The van der Waals surface area contributed by atoms with Crippen molar-refractivity contribution in [2.24, 2.45) is 0 Å².